The van der Waals surface area contributed by atoms with Crippen LogP contribution in [0.5, 0.6) is 0 Å². The van der Waals surface area contributed by atoms with E-state index < -0.39 is 17.8 Å². The Labute approximate surface area is 191 Å². The topological polar surface area (TPSA) is 97.3 Å². The first-order chi connectivity index (χ1) is 16.3. The van der Waals surface area contributed by atoms with E-state index in [1.165, 1.54) is 12.1 Å². The van der Waals surface area contributed by atoms with Gasteiger partial charge in [0.2, 0.25) is 5.82 Å². The summed E-state index contributed by atoms with van der Waals surface area (Å²) in [5, 5.41) is 16.7. The number of aromatic nitrogens is 4. The SMILES string of the molecule is O=C(O)C1CN(Cc2ccc(-c3noc(-c4cnn(-c5ccccc5)c4C(F)(F)F)n3)cc2)C1. The summed E-state index contributed by atoms with van der Waals surface area (Å²) in [5.74, 6) is -1.25. The summed E-state index contributed by atoms with van der Waals surface area (Å²) in [6, 6.07) is 15.2. The van der Waals surface area contributed by atoms with Crippen LogP contribution in [-0.2, 0) is 17.5 Å². The summed E-state index contributed by atoms with van der Waals surface area (Å²) in [6.45, 7) is 1.61. The Balaban J connectivity index is 1.37. The molecule has 5 rings (SSSR count). The predicted octanol–water partition coefficient (Wildman–Crippen LogP) is 4.12. The van der Waals surface area contributed by atoms with Crippen LogP contribution < -0.4 is 0 Å². The van der Waals surface area contributed by atoms with E-state index in [1.54, 1.807) is 30.3 Å². The Kier molecular flexibility index (Phi) is 5.40. The minimum atomic E-state index is -4.70. The van der Waals surface area contributed by atoms with Crippen LogP contribution in [0.15, 0.2) is 65.3 Å². The Morgan fingerprint density at radius 2 is 1.79 bits per heavy atom. The van der Waals surface area contributed by atoms with Crippen molar-refractivity contribution in [2.75, 3.05) is 13.1 Å². The van der Waals surface area contributed by atoms with Crippen LogP contribution in [0.1, 0.15) is 11.3 Å². The number of benzene rings is 2. The zero-order valence-electron chi connectivity index (χ0n) is 17.6. The van der Waals surface area contributed by atoms with Gasteiger partial charge in [0, 0.05) is 25.2 Å². The smallest absolute Gasteiger partial charge is 0.434 e. The maximum atomic E-state index is 13.9. The van der Waals surface area contributed by atoms with Gasteiger partial charge in [-0.05, 0) is 17.7 Å². The fourth-order valence-electron chi connectivity index (χ4n) is 3.87. The van der Waals surface area contributed by atoms with Gasteiger partial charge in [-0.2, -0.15) is 23.3 Å². The average Bonchev–Trinajstić information content (AvgIpc) is 3.44. The van der Waals surface area contributed by atoms with Gasteiger partial charge in [-0.3, -0.25) is 9.69 Å². The van der Waals surface area contributed by atoms with Gasteiger partial charge in [-0.25, -0.2) is 4.68 Å². The number of hydrogen-bond donors (Lipinski definition) is 1. The number of para-hydroxylation sites is 1. The molecule has 0 aliphatic carbocycles. The van der Waals surface area contributed by atoms with E-state index in [0.717, 1.165) is 16.4 Å². The van der Waals surface area contributed by atoms with E-state index in [2.05, 4.69) is 15.2 Å². The lowest BCUT2D eigenvalue weighted by atomic mass is 9.99. The first-order valence-corrected chi connectivity index (χ1v) is 10.4. The first kappa shape index (κ1) is 21.8. The van der Waals surface area contributed by atoms with Gasteiger partial charge in [-0.1, -0.05) is 47.6 Å². The molecule has 0 radical (unpaired) electrons. The van der Waals surface area contributed by atoms with Gasteiger partial charge in [-0.15, -0.1) is 0 Å². The van der Waals surface area contributed by atoms with E-state index in [9.17, 15) is 18.0 Å². The molecule has 0 spiro atoms. The summed E-state index contributed by atoms with van der Waals surface area (Å²) in [5.41, 5.74) is 0.499. The number of aliphatic carboxylic acids is 1. The van der Waals surface area contributed by atoms with E-state index in [1.807, 2.05) is 17.0 Å². The normalized spacial score (nSPS) is 14.8. The van der Waals surface area contributed by atoms with Crippen molar-refractivity contribution in [3.05, 3.63) is 72.1 Å². The van der Waals surface area contributed by atoms with Crippen molar-refractivity contribution < 1.29 is 27.6 Å². The van der Waals surface area contributed by atoms with Crippen LogP contribution >= 0.6 is 0 Å². The summed E-state index contributed by atoms with van der Waals surface area (Å²) < 4.78 is 47.7. The fraction of sp³-hybridized carbons (Fsp3) is 0.217. The van der Waals surface area contributed by atoms with Crippen molar-refractivity contribution in [2.24, 2.45) is 5.92 Å². The summed E-state index contributed by atoms with van der Waals surface area (Å²) in [6.07, 6.45) is -3.64. The molecule has 2 aromatic heterocycles. The van der Waals surface area contributed by atoms with E-state index in [0.29, 0.717) is 25.2 Å². The number of rotatable bonds is 6. The monoisotopic (exact) mass is 469 g/mol. The number of hydrogen-bond acceptors (Lipinski definition) is 6. The molecule has 1 aliphatic rings. The highest BCUT2D eigenvalue weighted by molar-refractivity contribution is 5.71. The third-order valence-electron chi connectivity index (χ3n) is 5.62. The number of carboxylic acids is 1. The van der Waals surface area contributed by atoms with Crippen LogP contribution in [0.25, 0.3) is 28.5 Å². The standard InChI is InChI=1S/C23H18F3N5O3/c24-23(25,26)19-18(10-27-31(19)17-4-2-1-3-5-17)21-28-20(29-34-21)15-8-6-14(7-9-15)11-30-12-16(13-30)22(32)33/h1-10,16H,11-13H2,(H,32,33). The van der Waals surface area contributed by atoms with Gasteiger partial charge >= 0.3 is 12.1 Å². The first-order valence-electron chi connectivity index (χ1n) is 10.4. The molecule has 1 saturated heterocycles. The van der Waals surface area contributed by atoms with Gasteiger partial charge in [0.1, 0.15) is 0 Å². The van der Waals surface area contributed by atoms with Crippen LogP contribution in [0.2, 0.25) is 0 Å². The molecular weight excluding hydrogens is 451 g/mol. The largest absolute Gasteiger partial charge is 0.481 e. The number of carboxylic acid groups (broad SMARTS) is 1. The number of nitrogens with zero attached hydrogens (tertiary/aromatic N) is 5. The number of halogens is 3. The molecule has 3 heterocycles. The van der Waals surface area contributed by atoms with Crippen LogP contribution in [0, 0.1) is 5.92 Å². The van der Waals surface area contributed by atoms with Crippen LogP contribution in [0.3, 0.4) is 0 Å². The summed E-state index contributed by atoms with van der Waals surface area (Å²) in [4.78, 5) is 17.1. The zero-order chi connectivity index (χ0) is 23.9. The molecule has 34 heavy (non-hydrogen) atoms. The Hall–Kier alpha value is -3.99. The van der Waals surface area contributed by atoms with Crippen molar-refractivity contribution in [2.45, 2.75) is 12.7 Å². The highest BCUT2D eigenvalue weighted by Crippen LogP contribution is 2.38. The molecule has 0 bridgehead atoms. The van der Waals surface area contributed by atoms with Crippen molar-refractivity contribution in [1.82, 2.24) is 24.8 Å². The molecule has 174 valence electrons. The molecule has 0 amide bonds. The van der Waals surface area contributed by atoms with E-state index >= 15 is 0 Å². The lowest BCUT2D eigenvalue weighted by Crippen LogP contribution is -2.49. The van der Waals surface area contributed by atoms with Crippen molar-refractivity contribution in [3.8, 4) is 28.5 Å². The Morgan fingerprint density at radius 1 is 1.09 bits per heavy atom. The van der Waals surface area contributed by atoms with Crippen LogP contribution in [-0.4, -0.2) is 49.0 Å². The maximum absolute atomic E-state index is 13.9. The average molecular weight is 469 g/mol. The van der Waals surface area contributed by atoms with E-state index in [4.69, 9.17) is 9.63 Å². The summed E-state index contributed by atoms with van der Waals surface area (Å²) >= 11 is 0. The number of carbonyl (C=O) groups is 1. The van der Waals surface area contributed by atoms with Crippen molar-refractivity contribution in [1.29, 1.82) is 0 Å². The molecule has 11 heteroatoms. The zero-order valence-corrected chi connectivity index (χ0v) is 17.6. The van der Waals surface area contributed by atoms with Gasteiger partial charge < -0.3 is 9.63 Å². The lowest BCUT2D eigenvalue weighted by Gasteiger charge is -2.36. The van der Waals surface area contributed by atoms with Gasteiger partial charge in [0.15, 0.2) is 5.69 Å². The predicted molar refractivity (Wildman–Crippen MR) is 114 cm³/mol. The molecular formula is C23H18F3N5O3. The number of alkyl halides is 3. The second-order valence-electron chi connectivity index (χ2n) is 8.00. The Morgan fingerprint density at radius 3 is 2.44 bits per heavy atom. The molecule has 1 N–H and O–H groups in total. The highest BCUT2D eigenvalue weighted by atomic mass is 19.4. The molecule has 0 atom stereocenters. The highest BCUT2D eigenvalue weighted by Gasteiger charge is 2.40. The third kappa shape index (κ3) is 4.17. The van der Waals surface area contributed by atoms with Crippen LogP contribution in [0.4, 0.5) is 13.2 Å². The third-order valence-corrected chi connectivity index (χ3v) is 5.62. The molecule has 4 aromatic rings. The molecule has 1 aliphatic heterocycles. The molecule has 0 unspecified atom stereocenters. The minimum absolute atomic E-state index is 0.150. The van der Waals surface area contributed by atoms with Crippen molar-refractivity contribution in [3.63, 3.8) is 0 Å². The molecule has 1 fully saturated rings. The fourth-order valence-corrected chi connectivity index (χ4v) is 3.87. The molecule has 8 nitrogen and oxygen atoms in total. The Bertz CT molecular complexity index is 1310. The number of likely N-dealkylation sites (tertiary alicyclic amines) is 1. The molecule has 0 saturated carbocycles. The second kappa shape index (κ2) is 8.41. The lowest BCUT2D eigenvalue weighted by molar-refractivity contribution is -0.147. The van der Waals surface area contributed by atoms with E-state index in [-0.39, 0.29) is 28.9 Å². The maximum Gasteiger partial charge on any atom is 0.434 e. The minimum Gasteiger partial charge on any atom is -0.481 e. The molecule has 2 aromatic carbocycles. The van der Waals surface area contributed by atoms with Gasteiger partial charge in [0.05, 0.1) is 23.4 Å². The van der Waals surface area contributed by atoms with Gasteiger partial charge in [0.25, 0.3) is 5.89 Å². The van der Waals surface area contributed by atoms with Crippen molar-refractivity contribution >= 4 is 5.97 Å². The second-order valence-corrected chi connectivity index (χ2v) is 8.00. The quantitative estimate of drug-likeness (QED) is 0.454. The summed E-state index contributed by atoms with van der Waals surface area (Å²) in [7, 11) is 0.